The van der Waals surface area contributed by atoms with Gasteiger partial charge in [-0.2, -0.15) is 4.31 Å². The Morgan fingerprint density at radius 1 is 1.10 bits per heavy atom. The number of aliphatic hydroxyl groups is 1. The van der Waals surface area contributed by atoms with Crippen LogP contribution in [-0.4, -0.2) is 28.9 Å². The van der Waals surface area contributed by atoms with E-state index in [1.165, 1.54) is 11.3 Å². The van der Waals surface area contributed by atoms with Crippen LogP contribution in [0.1, 0.15) is 29.1 Å². The Labute approximate surface area is 174 Å². The van der Waals surface area contributed by atoms with E-state index >= 15 is 0 Å². The zero-order chi connectivity index (χ0) is 20.3. The number of ether oxygens (including phenoxy) is 1. The molecule has 8 heteroatoms. The predicted molar refractivity (Wildman–Crippen MR) is 111 cm³/mol. The fourth-order valence-electron chi connectivity index (χ4n) is 3.00. The third kappa shape index (κ3) is 4.84. The molecule has 0 saturated heterocycles. The average molecular weight is 431 g/mol. The zero-order valence-electron chi connectivity index (χ0n) is 15.8. The topological polar surface area (TPSA) is 79.7 Å². The van der Waals surface area contributed by atoms with Crippen LogP contribution < -0.4 is 4.74 Å². The minimum atomic E-state index is -3.52. The lowest BCUT2D eigenvalue weighted by Crippen LogP contribution is -2.32. The fraction of sp³-hybridized carbons (Fsp3) is 0.286. The molecule has 1 fully saturated rings. The van der Waals surface area contributed by atoms with Crippen LogP contribution in [0, 0.1) is 0 Å². The van der Waals surface area contributed by atoms with Crippen molar-refractivity contribution in [3.8, 4) is 5.75 Å². The van der Waals surface area contributed by atoms with Crippen molar-refractivity contribution in [2.24, 2.45) is 0 Å². The van der Waals surface area contributed by atoms with E-state index in [2.05, 4.69) is 4.98 Å². The first-order valence-corrected chi connectivity index (χ1v) is 11.7. The number of thiazole rings is 1. The van der Waals surface area contributed by atoms with Gasteiger partial charge in [-0.25, -0.2) is 13.4 Å². The Hall–Kier alpha value is -2.26. The smallest absolute Gasteiger partial charge is 0.243 e. The van der Waals surface area contributed by atoms with E-state index in [9.17, 15) is 8.42 Å². The highest BCUT2D eigenvalue weighted by Gasteiger charge is 2.37. The number of aromatic nitrogens is 1. The Morgan fingerprint density at radius 2 is 1.83 bits per heavy atom. The van der Waals surface area contributed by atoms with E-state index in [0.717, 1.165) is 23.4 Å². The second-order valence-electron chi connectivity index (χ2n) is 6.92. The predicted octanol–water partition coefficient (Wildman–Crippen LogP) is 3.57. The highest BCUT2D eigenvalue weighted by Crippen LogP contribution is 2.33. The zero-order valence-corrected chi connectivity index (χ0v) is 17.4. The van der Waals surface area contributed by atoms with Crippen molar-refractivity contribution in [1.82, 2.24) is 9.29 Å². The van der Waals surface area contributed by atoms with Crippen LogP contribution in [0.5, 0.6) is 5.75 Å². The van der Waals surface area contributed by atoms with Crippen LogP contribution in [0.2, 0.25) is 0 Å². The molecule has 6 nitrogen and oxygen atoms in total. The SMILES string of the molecule is O=S(=O)(c1ccccc1)N(Cc1ccc(OCc2nc(CO)cs2)cc1)C1CC1. The quantitative estimate of drug-likeness (QED) is 0.561. The number of aliphatic hydroxyl groups excluding tert-OH is 1. The van der Waals surface area contributed by atoms with E-state index < -0.39 is 10.0 Å². The molecule has 0 radical (unpaired) electrons. The van der Waals surface area contributed by atoms with Crippen molar-refractivity contribution in [2.75, 3.05) is 0 Å². The van der Waals surface area contributed by atoms with Gasteiger partial charge in [0.2, 0.25) is 10.0 Å². The number of rotatable bonds is 9. The molecule has 0 atom stereocenters. The third-order valence-electron chi connectivity index (χ3n) is 4.69. The molecule has 1 aromatic heterocycles. The molecule has 0 unspecified atom stereocenters. The van der Waals surface area contributed by atoms with Gasteiger partial charge >= 0.3 is 0 Å². The minimum Gasteiger partial charge on any atom is -0.486 e. The van der Waals surface area contributed by atoms with Gasteiger partial charge in [0.1, 0.15) is 17.4 Å². The first-order valence-electron chi connectivity index (χ1n) is 9.39. The van der Waals surface area contributed by atoms with E-state index in [0.29, 0.717) is 29.5 Å². The lowest BCUT2D eigenvalue weighted by atomic mass is 10.2. The molecule has 0 spiro atoms. The molecule has 1 saturated carbocycles. The molecule has 3 aromatic rings. The summed E-state index contributed by atoms with van der Waals surface area (Å²) < 4.78 is 33.4. The number of hydrogen-bond acceptors (Lipinski definition) is 6. The van der Waals surface area contributed by atoms with Crippen molar-refractivity contribution in [3.05, 3.63) is 76.2 Å². The molecular formula is C21H22N2O4S2. The van der Waals surface area contributed by atoms with Crippen molar-refractivity contribution >= 4 is 21.4 Å². The Kier molecular flexibility index (Phi) is 5.96. The average Bonchev–Trinajstić information content (AvgIpc) is 3.48. The highest BCUT2D eigenvalue weighted by molar-refractivity contribution is 7.89. The van der Waals surface area contributed by atoms with Crippen molar-refractivity contribution in [3.63, 3.8) is 0 Å². The summed E-state index contributed by atoms with van der Waals surface area (Å²) in [6.45, 7) is 0.601. The normalized spacial score (nSPS) is 14.3. The first kappa shape index (κ1) is 20.0. The van der Waals surface area contributed by atoms with Gasteiger partial charge in [-0.15, -0.1) is 11.3 Å². The molecule has 152 valence electrons. The number of sulfonamides is 1. The van der Waals surface area contributed by atoms with Gasteiger partial charge < -0.3 is 9.84 Å². The van der Waals surface area contributed by atoms with Crippen LogP contribution >= 0.6 is 11.3 Å². The maximum absolute atomic E-state index is 13.0. The minimum absolute atomic E-state index is 0.0711. The molecule has 1 aliphatic carbocycles. The maximum Gasteiger partial charge on any atom is 0.243 e. The summed E-state index contributed by atoms with van der Waals surface area (Å²) in [6, 6.07) is 16.1. The van der Waals surface area contributed by atoms with Gasteiger partial charge in [0, 0.05) is 18.0 Å². The van der Waals surface area contributed by atoms with E-state index in [1.807, 2.05) is 30.3 Å². The lowest BCUT2D eigenvalue weighted by molar-refractivity contribution is 0.275. The monoisotopic (exact) mass is 430 g/mol. The lowest BCUT2D eigenvalue weighted by Gasteiger charge is -2.22. The molecule has 0 bridgehead atoms. The summed E-state index contributed by atoms with van der Waals surface area (Å²) in [7, 11) is -3.52. The molecule has 1 aliphatic rings. The van der Waals surface area contributed by atoms with E-state index in [-0.39, 0.29) is 12.6 Å². The Morgan fingerprint density at radius 3 is 2.45 bits per heavy atom. The number of hydrogen-bond donors (Lipinski definition) is 1. The van der Waals surface area contributed by atoms with Crippen LogP contribution in [0.15, 0.2) is 64.9 Å². The van der Waals surface area contributed by atoms with Crippen molar-refractivity contribution in [1.29, 1.82) is 0 Å². The largest absolute Gasteiger partial charge is 0.486 e. The Balaban J connectivity index is 1.42. The van der Waals surface area contributed by atoms with Gasteiger partial charge in [-0.3, -0.25) is 0 Å². The second-order valence-corrected chi connectivity index (χ2v) is 9.75. The maximum atomic E-state index is 13.0. The highest BCUT2D eigenvalue weighted by atomic mass is 32.2. The van der Waals surface area contributed by atoms with Gasteiger partial charge in [0.05, 0.1) is 17.2 Å². The molecule has 0 amide bonds. The fourth-order valence-corrected chi connectivity index (χ4v) is 5.40. The molecular weight excluding hydrogens is 408 g/mol. The molecule has 1 heterocycles. The summed E-state index contributed by atoms with van der Waals surface area (Å²) in [6.07, 6.45) is 1.80. The van der Waals surface area contributed by atoms with Crippen molar-refractivity contribution in [2.45, 2.75) is 43.5 Å². The van der Waals surface area contributed by atoms with Gasteiger partial charge in [0.25, 0.3) is 0 Å². The van der Waals surface area contributed by atoms with Gasteiger partial charge in [0.15, 0.2) is 0 Å². The van der Waals surface area contributed by atoms with Crippen LogP contribution in [0.4, 0.5) is 0 Å². The Bertz CT molecular complexity index is 1050. The van der Waals surface area contributed by atoms with Crippen LogP contribution in [0.3, 0.4) is 0 Å². The molecule has 2 aromatic carbocycles. The number of nitrogens with zero attached hydrogens (tertiary/aromatic N) is 2. The summed E-state index contributed by atoms with van der Waals surface area (Å²) >= 11 is 1.45. The molecule has 0 aliphatic heterocycles. The van der Waals surface area contributed by atoms with E-state index in [4.69, 9.17) is 9.84 Å². The van der Waals surface area contributed by atoms with Gasteiger partial charge in [-0.05, 0) is 42.7 Å². The summed E-state index contributed by atoms with van der Waals surface area (Å²) in [5.74, 6) is 0.693. The number of benzene rings is 2. The van der Waals surface area contributed by atoms with Crippen molar-refractivity contribution < 1.29 is 18.3 Å². The van der Waals surface area contributed by atoms with E-state index in [1.54, 1.807) is 34.0 Å². The summed E-state index contributed by atoms with van der Waals surface area (Å²) in [4.78, 5) is 4.58. The first-order chi connectivity index (χ1) is 14.1. The molecule has 29 heavy (non-hydrogen) atoms. The standard InChI is InChI=1S/C21H22N2O4S2/c24-13-17-15-28-21(22-17)14-27-19-10-6-16(7-11-19)12-23(18-8-9-18)29(25,26)20-4-2-1-3-5-20/h1-7,10-11,15,18,24H,8-9,12-14H2. The van der Waals surface area contributed by atoms with Gasteiger partial charge in [-0.1, -0.05) is 30.3 Å². The van der Waals surface area contributed by atoms with Crippen LogP contribution in [0.25, 0.3) is 0 Å². The summed E-state index contributed by atoms with van der Waals surface area (Å²) in [5.41, 5.74) is 1.56. The molecule has 1 N–H and O–H groups in total. The third-order valence-corrected chi connectivity index (χ3v) is 7.47. The molecule has 4 rings (SSSR count). The summed E-state index contributed by atoms with van der Waals surface area (Å²) in [5, 5.41) is 11.7. The van der Waals surface area contributed by atoms with Crippen LogP contribution in [-0.2, 0) is 29.8 Å². The second kappa shape index (κ2) is 8.62.